The minimum Gasteiger partial charge on any atom is -0.382 e. The van der Waals surface area contributed by atoms with Crippen molar-refractivity contribution in [1.82, 2.24) is 9.88 Å². The van der Waals surface area contributed by atoms with E-state index in [0.29, 0.717) is 28.1 Å². The lowest BCUT2D eigenvalue weighted by Crippen LogP contribution is -2.46. The number of nitrogens with zero attached hydrogens (tertiary/aromatic N) is 2. The molecule has 0 saturated carbocycles. The van der Waals surface area contributed by atoms with Gasteiger partial charge in [0.1, 0.15) is 0 Å². The molecule has 3 heterocycles. The molecule has 2 N–H and O–H groups in total. The summed E-state index contributed by atoms with van der Waals surface area (Å²) in [7, 11) is -3.88. The van der Waals surface area contributed by atoms with Gasteiger partial charge in [-0.15, -0.1) is 0 Å². The van der Waals surface area contributed by atoms with Gasteiger partial charge in [0, 0.05) is 18.1 Å². The van der Waals surface area contributed by atoms with Gasteiger partial charge in [-0.3, -0.25) is 9.62 Å². The molecule has 2 fully saturated rings. The zero-order chi connectivity index (χ0) is 19.9. The Bertz CT molecular complexity index is 984. The largest absolute Gasteiger partial charge is 0.382 e. The first-order chi connectivity index (χ1) is 13.3. The van der Waals surface area contributed by atoms with Gasteiger partial charge in [-0.1, -0.05) is 22.9 Å². The molecule has 1 aromatic carbocycles. The molecular weight excluding hydrogens is 423 g/mol. The standard InChI is InChI=1S/C18H22ClFN4O2S2/c1-12-5-7-18(6-2-8-24(12)18)11-22-15-4-3-13(9-14(15)19)28(25,26)23-17-21-10-16(20)27-17/h3-4,9-10,12,22H,2,5-8,11H2,1H3,(H,21,23)/t12-,18+/m1/s1. The third-order valence-electron chi connectivity index (χ3n) is 5.77. The number of halogens is 2. The van der Waals surface area contributed by atoms with Crippen LogP contribution in [0.1, 0.15) is 32.6 Å². The van der Waals surface area contributed by atoms with E-state index in [-0.39, 0.29) is 15.6 Å². The quantitative estimate of drug-likeness (QED) is 0.699. The number of hydrogen-bond donors (Lipinski definition) is 2. The van der Waals surface area contributed by atoms with Crippen LogP contribution in [0.2, 0.25) is 5.02 Å². The Balaban J connectivity index is 1.47. The van der Waals surface area contributed by atoms with E-state index in [1.807, 2.05) is 0 Å². The van der Waals surface area contributed by atoms with E-state index in [1.54, 1.807) is 6.07 Å². The minimum absolute atomic E-state index is 0.00815. The highest BCUT2D eigenvalue weighted by molar-refractivity contribution is 7.93. The lowest BCUT2D eigenvalue weighted by atomic mass is 9.94. The summed E-state index contributed by atoms with van der Waals surface area (Å²) in [5, 5.41) is 3.17. The molecule has 0 unspecified atom stereocenters. The topological polar surface area (TPSA) is 74.3 Å². The van der Waals surface area contributed by atoms with E-state index in [1.165, 1.54) is 37.8 Å². The van der Waals surface area contributed by atoms with Crippen LogP contribution in [-0.4, -0.2) is 43.0 Å². The molecule has 6 nitrogen and oxygen atoms in total. The number of thiazole rings is 1. The van der Waals surface area contributed by atoms with Gasteiger partial charge in [-0.2, -0.15) is 4.39 Å². The summed E-state index contributed by atoms with van der Waals surface area (Å²) in [5.41, 5.74) is 0.880. The smallest absolute Gasteiger partial charge is 0.263 e. The van der Waals surface area contributed by atoms with Crippen LogP contribution in [0.5, 0.6) is 0 Å². The summed E-state index contributed by atoms with van der Waals surface area (Å²) < 4.78 is 40.3. The molecule has 0 aliphatic carbocycles. The fourth-order valence-electron chi connectivity index (χ4n) is 4.37. The number of nitrogens with one attached hydrogen (secondary N) is 2. The van der Waals surface area contributed by atoms with Crippen LogP contribution in [0.3, 0.4) is 0 Å². The van der Waals surface area contributed by atoms with Gasteiger partial charge < -0.3 is 5.32 Å². The van der Waals surface area contributed by atoms with E-state index in [2.05, 4.69) is 26.8 Å². The Morgan fingerprint density at radius 1 is 1.43 bits per heavy atom. The number of aromatic nitrogens is 1. The highest BCUT2D eigenvalue weighted by Crippen LogP contribution is 2.42. The average Bonchev–Trinajstić information content (AvgIpc) is 3.31. The van der Waals surface area contributed by atoms with Crippen LogP contribution in [0, 0.1) is 5.13 Å². The summed E-state index contributed by atoms with van der Waals surface area (Å²) in [6, 6.07) is 5.17. The van der Waals surface area contributed by atoms with Gasteiger partial charge in [-0.25, -0.2) is 13.4 Å². The monoisotopic (exact) mass is 444 g/mol. The van der Waals surface area contributed by atoms with Gasteiger partial charge >= 0.3 is 0 Å². The summed E-state index contributed by atoms with van der Waals surface area (Å²) in [4.78, 5) is 6.27. The molecule has 2 aromatic rings. The maximum atomic E-state index is 13.0. The van der Waals surface area contributed by atoms with Gasteiger partial charge in [0.2, 0.25) is 0 Å². The summed E-state index contributed by atoms with van der Waals surface area (Å²) in [6.45, 7) is 4.21. The van der Waals surface area contributed by atoms with Gasteiger partial charge in [-0.05, 0) is 57.4 Å². The molecule has 2 saturated heterocycles. The molecule has 10 heteroatoms. The van der Waals surface area contributed by atoms with Crippen molar-refractivity contribution in [2.45, 2.75) is 49.1 Å². The summed E-state index contributed by atoms with van der Waals surface area (Å²) in [6.07, 6.45) is 5.72. The van der Waals surface area contributed by atoms with Crippen molar-refractivity contribution < 1.29 is 12.8 Å². The highest BCUT2D eigenvalue weighted by Gasteiger charge is 2.47. The molecule has 1 aromatic heterocycles. The van der Waals surface area contributed by atoms with E-state index < -0.39 is 15.2 Å². The fraction of sp³-hybridized carbons (Fsp3) is 0.500. The number of anilines is 2. The lowest BCUT2D eigenvalue weighted by molar-refractivity contribution is 0.170. The van der Waals surface area contributed by atoms with Crippen molar-refractivity contribution in [3.8, 4) is 0 Å². The number of fused-ring (bicyclic) bond motifs is 1. The second kappa shape index (κ2) is 7.44. The number of hydrogen-bond acceptors (Lipinski definition) is 6. The molecule has 152 valence electrons. The Morgan fingerprint density at radius 2 is 2.25 bits per heavy atom. The van der Waals surface area contributed by atoms with E-state index in [9.17, 15) is 12.8 Å². The molecule has 0 radical (unpaired) electrons. The minimum atomic E-state index is -3.88. The normalized spacial score (nSPS) is 25.0. The molecular formula is C18H22ClFN4O2S2. The third kappa shape index (κ3) is 3.72. The van der Waals surface area contributed by atoms with E-state index in [4.69, 9.17) is 11.6 Å². The van der Waals surface area contributed by atoms with Gasteiger partial charge in [0.15, 0.2) is 10.3 Å². The van der Waals surface area contributed by atoms with Crippen LogP contribution in [-0.2, 0) is 10.0 Å². The molecule has 0 spiro atoms. The van der Waals surface area contributed by atoms with Crippen LogP contribution in [0.4, 0.5) is 15.2 Å². The predicted octanol–water partition coefficient (Wildman–Crippen LogP) is 4.17. The molecule has 4 rings (SSSR count). The van der Waals surface area contributed by atoms with Crippen molar-refractivity contribution >= 4 is 43.8 Å². The number of benzene rings is 1. The number of sulfonamides is 1. The molecule has 2 aliphatic heterocycles. The average molecular weight is 445 g/mol. The summed E-state index contributed by atoms with van der Waals surface area (Å²) >= 11 is 6.98. The van der Waals surface area contributed by atoms with Crippen LogP contribution >= 0.6 is 22.9 Å². The first-order valence-corrected chi connectivity index (χ1v) is 11.9. The zero-order valence-electron chi connectivity index (χ0n) is 15.4. The van der Waals surface area contributed by atoms with Crippen molar-refractivity contribution in [2.75, 3.05) is 23.1 Å². The third-order valence-corrected chi connectivity index (χ3v) is 8.25. The maximum Gasteiger partial charge on any atom is 0.263 e. The van der Waals surface area contributed by atoms with Crippen molar-refractivity contribution in [1.29, 1.82) is 0 Å². The lowest BCUT2D eigenvalue weighted by Gasteiger charge is -2.34. The maximum absolute atomic E-state index is 13.0. The Labute approximate surface area is 173 Å². The molecule has 0 amide bonds. The summed E-state index contributed by atoms with van der Waals surface area (Å²) in [5.74, 6) is 0. The predicted molar refractivity (Wildman–Crippen MR) is 110 cm³/mol. The first kappa shape index (κ1) is 19.9. The molecule has 2 aliphatic rings. The van der Waals surface area contributed by atoms with Crippen molar-refractivity contribution in [2.24, 2.45) is 0 Å². The fourth-order valence-corrected chi connectivity index (χ4v) is 6.49. The van der Waals surface area contributed by atoms with E-state index >= 15 is 0 Å². The Kier molecular flexibility index (Phi) is 5.28. The first-order valence-electron chi connectivity index (χ1n) is 9.23. The zero-order valence-corrected chi connectivity index (χ0v) is 17.8. The highest BCUT2D eigenvalue weighted by atomic mass is 35.5. The SMILES string of the molecule is C[C@@H]1CC[C@]2(CNc3ccc(S(=O)(=O)Nc4ncc(F)s4)cc3Cl)CCCN12. The number of rotatable bonds is 6. The Hall–Kier alpha value is -1.42. The van der Waals surface area contributed by atoms with Crippen LogP contribution in [0.15, 0.2) is 29.3 Å². The molecule has 28 heavy (non-hydrogen) atoms. The van der Waals surface area contributed by atoms with Crippen LogP contribution in [0.25, 0.3) is 0 Å². The second-order valence-electron chi connectivity index (χ2n) is 7.48. The van der Waals surface area contributed by atoms with Crippen molar-refractivity contribution in [3.05, 3.63) is 34.5 Å². The molecule has 2 atom stereocenters. The van der Waals surface area contributed by atoms with Gasteiger partial charge in [0.05, 0.1) is 21.8 Å². The van der Waals surface area contributed by atoms with Crippen LogP contribution < -0.4 is 10.0 Å². The Morgan fingerprint density at radius 3 is 2.96 bits per heavy atom. The van der Waals surface area contributed by atoms with Gasteiger partial charge in [0.25, 0.3) is 10.0 Å². The second-order valence-corrected chi connectivity index (χ2v) is 10.5. The molecule has 0 bridgehead atoms. The van der Waals surface area contributed by atoms with E-state index in [0.717, 1.165) is 19.3 Å². The van der Waals surface area contributed by atoms with Crippen molar-refractivity contribution in [3.63, 3.8) is 0 Å².